The van der Waals surface area contributed by atoms with Gasteiger partial charge in [0.2, 0.25) is 0 Å². The summed E-state index contributed by atoms with van der Waals surface area (Å²) in [6.45, 7) is 8.66. The molecule has 20 heavy (non-hydrogen) atoms. The molecule has 0 unspecified atom stereocenters. The molecule has 0 atom stereocenters. The minimum Gasteiger partial charge on any atom is -0.383 e. The first-order valence-electron chi connectivity index (χ1n) is 6.94. The molecule has 1 N–H and O–H groups in total. The molecule has 0 fully saturated rings. The van der Waals surface area contributed by atoms with Gasteiger partial charge < -0.3 is 15.0 Å². The highest BCUT2D eigenvalue weighted by Crippen LogP contribution is 2.07. The van der Waals surface area contributed by atoms with Crippen LogP contribution in [0.15, 0.2) is 12.1 Å². The van der Waals surface area contributed by atoms with Crippen molar-refractivity contribution in [3.05, 3.63) is 17.8 Å². The van der Waals surface area contributed by atoms with Crippen molar-refractivity contribution in [2.45, 2.75) is 20.8 Å². The predicted octanol–water partition coefficient (Wildman–Crippen LogP) is 1.65. The van der Waals surface area contributed by atoms with Crippen LogP contribution in [0.2, 0.25) is 0 Å². The number of hydrogen-bond donors (Lipinski definition) is 1. The van der Waals surface area contributed by atoms with E-state index >= 15 is 0 Å². The van der Waals surface area contributed by atoms with Crippen LogP contribution in [0.3, 0.4) is 0 Å². The smallest absolute Gasteiger partial charge is 0.274 e. The van der Waals surface area contributed by atoms with Crippen LogP contribution in [-0.2, 0) is 4.74 Å². The van der Waals surface area contributed by atoms with Crippen LogP contribution in [0.25, 0.3) is 0 Å². The fourth-order valence-electron chi connectivity index (χ4n) is 1.80. The lowest BCUT2D eigenvalue weighted by Crippen LogP contribution is -2.37. The van der Waals surface area contributed by atoms with Crippen molar-refractivity contribution < 1.29 is 9.53 Å². The Bertz CT molecular complexity index is 406. The van der Waals surface area contributed by atoms with E-state index in [0.717, 1.165) is 6.54 Å². The Morgan fingerprint density at radius 1 is 1.40 bits per heavy atom. The van der Waals surface area contributed by atoms with Gasteiger partial charge in [0.1, 0.15) is 5.82 Å². The van der Waals surface area contributed by atoms with Gasteiger partial charge >= 0.3 is 0 Å². The molecule has 1 aromatic heterocycles. The minimum atomic E-state index is -0.105. The van der Waals surface area contributed by atoms with Gasteiger partial charge in [-0.05, 0) is 25.0 Å². The molecule has 0 saturated heterocycles. The molecule has 0 aliphatic rings. The molecule has 1 amide bonds. The zero-order valence-electron chi connectivity index (χ0n) is 12.7. The summed E-state index contributed by atoms with van der Waals surface area (Å²) in [5.74, 6) is 0.965. The summed E-state index contributed by atoms with van der Waals surface area (Å²) in [7, 11) is 1.63. The van der Waals surface area contributed by atoms with Crippen molar-refractivity contribution in [3.8, 4) is 0 Å². The summed E-state index contributed by atoms with van der Waals surface area (Å²) in [6.07, 6.45) is 0. The fraction of sp³-hybridized carbons (Fsp3) is 0.643. The second-order valence-electron chi connectivity index (χ2n) is 4.97. The molecular weight excluding hydrogens is 256 g/mol. The number of nitrogens with zero attached hydrogens (tertiary/aromatic N) is 3. The maximum absolute atomic E-state index is 12.4. The Labute approximate surface area is 120 Å². The van der Waals surface area contributed by atoms with Gasteiger partial charge in [0, 0.05) is 26.7 Å². The molecule has 6 heteroatoms. The van der Waals surface area contributed by atoms with Crippen molar-refractivity contribution >= 4 is 11.7 Å². The largest absolute Gasteiger partial charge is 0.383 e. The van der Waals surface area contributed by atoms with Gasteiger partial charge in [-0.3, -0.25) is 4.79 Å². The highest BCUT2D eigenvalue weighted by molar-refractivity contribution is 5.92. The normalized spacial score (nSPS) is 10.7. The van der Waals surface area contributed by atoms with Gasteiger partial charge in [-0.2, -0.15) is 0 Å². The Hall–Kier alpha value is -1.69. The highest BCUT2D eigenvalue weighted by Gasteiger charge is 2.18. The van der Waals surface area contributed by atoms with Crippen LogP contribution < -0.4 is 5.32 Å². The lowest BCUT2D eigenvalue weighted by molar-refractivity contribution is 0.0665. The summed E-state index contributed by atoms with van der Waals surface area (Å²) in [6, 6.07) is 3.47. The SMILES string of the molecule is CCNc1ccc(C(=O)N(CCOC)CC(C)C)nn1. The monoisotopic (exact) mass is 280 g/mol. The maximum Gasteiger partial charge on any atom is 0.274 e. The third kappa shape index (κ3) is 5.13. The Kier molecular flexibility index (Phi) is 6.93. The summed E-state index contributed by atoms with van der Waals surface area (Å²) in [5, 5.41) is 11.0. The second kappa shape index (κ2) is 8.47. The van der Waals surface area contributed by atoms with Crippen LogP contribution in [0.4, 0.5) is 5.82 Å². The number of ether oxygens (including phenoxy) is 1. The lowest BCUT2D eigenvalue weighted by atomic mass is 10.2. The van der Waals surface area contributed by atoms with E-state index in [1.165, 1.54) is 0 Å². The summed E-state index contributed by atoms with van der Waals surface area (Å²) in [4.78, 5) is 14.2. The highest BCUT2D eigenvalue weighted by atomic mass is 16.5. The molecule has 1 rings (SSSR count). The van der Waals surface area contributed by atoms with Crippen LogP contribution in [0.1, 0.15) is 31.3 Å². The van der Waals surface area contributed by atoms with Gasteiger partial charge in [-0.25, -0.2) is 0 Å². The lowest BCUT2D eigenvalue weighted by Gasteiger charge is -2.23. The average molecular weight is 280 g/mol. The quantitative estimate of drug-likeness (QED) is 0.784. The number of carbonyl (C=O) groups is 1. The molecule has 0 radical (unpaired) electrons. The van der Waals surface area contributed by atoms with Gasteiger partial charge in [0.25, 0.3) is 5.91 Å². The average Bonchev–Trinajstić information content (AvgIpc) is 2.43. The predicted molar refractivity (Wildman–Crippen MR) is 78.8 cm³/mol. The number of nitrogens with one attached hydrogen (secondary N) is 1. The number of amides is 1. The van der Waals surface area contributed by atoms with E-state index < -0.39 is 0 Å². The third-order valence-electron chi connectivity index (χ3n) is 2.68. The molecule has 112 valence electrons. The molecule has 0 bridgehead atoms. The van der Waals surface area contributed by atoms with Crippen molar-refractivity contribution in [1.82, 2.24) is 15.1 Å². The number of rotatable bonds is 8. The van der Waals surface area contributed by atoms with E-state index in [1.54, 1.807) is 24.1 Å². The van der Waals surface area contributed by atoms with E-state index in [2.05, 4.69) is 29.4 Å². The molecule has 0 spiro atoms. The van der Waals surface area contributed by atoms with Gasteiger partial charge in [-0.1, -0.05) is 13.8 Å². The first kappa shape index (κ1) is 16.4. The molecule has 0 aliphatic heterocycles. The fourth-order valence-corrected chi connectivity index (χ4v) is 1.80. The molecule has 0 saturated carbocycles. The topological polar surface area (TPSA) is 67.4 Å². The first-order chi connectivity index (χ1) is 9.58. The number of hydrogen-bond acceptors (Lipinski definition) is 5. The molecule has 0 aromatic carbocycles. The van der Waals surface area contributed by atoms with Crippen LogP contribution in [0, 0.1) is 5.92 Å². The molecular formula is C14H24N4O2. The summed E-state index contributed by atoms with van der Waals surface area (Å²) < 4.78 is 5.05. The zero-order valence-corrected chi connectivity index (χ0v) is 12.7. The van der Waals surface area contributed by atoms with E-state index in [4.69, 9.17) is 4.74 Å². The second-order valence-corrected chi connectivity index (χ2v) is 4.97. The van der Waals surface area contributed by atoms with Gasteiger partial charge in [0.15, 0.2) is 5.69 Å². The molecule has 0 aliphatic carbocycles. The number of anilines is 1. The Morgan fingerprint density at radius 3 is 2.65 bits per heavy atom. The molecule has 1 aromatic rings. The number of carbonyl (C=O) groups excluding carboxylic acids is 1. The van der Waals surface area contributed by atoms with E-state index in [1.807, 2.05) is 6.92 Å². The number of aromatic nitrogens is 2. The summed E-state index contributed by atoms with van der Waals surface area (Å²) >= 11 is 0. The van der Waals surface area contributed by atoms with Gasteiger partial charge in [0.05, 0.1) is 6.61 Å². The van der Waals surface area contributed by atoms with Crippen molar-refractivity contribution in [1.29, 1.82) is 0 Å². The molecule has 1 heterocycles. The minimum absolute atomic E-state index is 0.105. The first-order valence-corrected chi connectivity index (χ1v) is 6.94. The third-order valence-corrected chi connectivity index (χ3v) is 2.68. The summed E-state index contributed by atoms with van der Waals surface area (Å²) in [5.41, 5.74) is 0.364. The van der Waals surface area contributed by atoms with Crippen LogP contribution >= 0.6 is 0 Å². The van der Waals surface area contributed by atoms with E-state index in [9.17, 15) is 4.79 Å². The van der Waals surface area contributed by atoms with Crippen molar-refractivity contribution in [2.75, 3.05) is 38.7 Å². The Morgan fingerprint density at radius 2 is 2.15 bits per heavy atom. The van der Waals surface area contributed by atoms with E-state index in [-0.39, 0.29) is 5.91 Å². The zero-order chi connectivity index (χ0) is 15.0. The van der Waals surface area contributed by atoms with E-state index in [0.29, 0.717) is 37.1 Å². The van der Waals surface area contributed by atoms with Crippen molar-refractivity contribution in [3.63, 3.8) is 0 Å². The van der Waals surface area contributed by atoms with Crippen LogP contribution in [-0.4, -0.2) is 54.4 Å². The van der Waals surface area contributed by atoms with Crippen LogP contribution in [0.5, 0.6) is 0 Å². The number of methoxy groups -OCH3 is 1. The standard InChI is InChI=1S/C14H24N4O2/c1-5-15-13-7-6-12(16-17-13)14(19)18(8-9-20-4)10-11(2)3/h6-7,11H,5,8-10H2,1-4H3,(H,15,17). The van der Waals surface area contributed by atoms with Crippen molar-refractivity contribution in [2.24, 2.45) is 5.92 Å². The molecule has 6 nitrogen and oxygen atoms in total. The Balaban J connectivity index is 2.76. The van der Waals surface area contributed by atoms with Gasteiger partial charge in [-0.15, -0.1) is 10.2 Å². The maximum atomic E-state index is 12.4.